The molecule has 2 aromatic carbocycles. The van der Waals surface area contributed by atoms with Crippen molar-refractivity contribution in [3.63, 3.8) is 0 Å². The molecule has 1 aliphatic rings. The highest BCUT2D eigenvalue weighted by Crippen LogP contribution is 2.48. The van der Waals surface area contributed by atoms with E-state index in [-0.39, 0.29) is 18.5 Å². The molecule has 1 aliphatic carbocycles. The van der Waals surface area contributed by atoms with Gasteiger partial charge < -0.3 is 15.4 Å². The van der Waals surface area contributed by atoms with Gasteiger partial charge in [-0.25, -0.2) is 0 Å². The Balaban J connectivity index is 1.77. The molecule has 2 aromatic rings. The fourth-order valence-corrected chi connectivity index (χ4v) is 2.86. The van der Waals surface area contributed by atoms with Gasteiger partial charge in [-0.05, 0) is 44.0 Å². The molecule has 8 heteroatoms. The molecule has 2 N–H and O–H groups in total. The SMILES string of the molecule is CCOc1ccccc1NC(=O)C1(C(=O)Nc2ccccc2C(F)(F)F)CC1. The standard InChI is InChI=1S/C20H19F3N2O3/c1-2-28-16-10-6-5-9-15(16)25-18(27)19(11-12-19)17(26)24-14-8-4-3-7-13(14)20(21,22)23/h3-10H,2,11-12H2,1H3,(H,24,26)(H,25,27). The fraction of sp³-hybridized carbons (Fsp3) is 0.300. The number of para-hydroxylation sites is 3. The summed E-state index contributed by atoms with van der Waals surface area (Å²) in [7, 11) is 0. The van der Waals surface area contributed by atoms with Crippen molar-refractivity contribution in [2.45, 2.75) is 25.9 Å². The number of carbonyl (C=O) groups excluding carboxylic acids is 2. The zero-order valence-electron chi connectivity index (χ0n) is 15.1. The molecule has 0 spiro atoms. The number of alkyl halides is 3. The van der Waals surface area contributed by atoms with E-state index < -0.39 is 29.0 Å². The zero-order chi connectivity index (χ0) is 20.4. The van der Waals surface area contributed by atoms with Crippen LogP contribution < -0.4 is 15.4 Å². The van der Waals surface area contributed by atoms with Crippen molar-refractivity contribution in [1.82, 2.24) is 0 Å². The van der Waals surface area contributed by atoms with Crippen LogP contribution in [0.15, 0.2) is 48.5 Å². The normalized spacial score (nSPS) is 14.9. The average Bonchev–Trinajstić information content (AvgIpc) is 3.45. The van der Waals surface area contributed by atoms with Crippen molar-refractivity contribution >= 4 is 23.2 Å². The number of ether oxygens (including phenoxy) is 1. The van der Waals surface area contributed by atoms with E-state index in [2.05, 4.69) is 10.6 Å². The summed E-state index contributed by atoms with van der Waals surface area (Å²) >= 11 is 0. The van der Waals surface area contributed by atoms with Crippen molar-refractivity contribution in [1.29, 1.82) is 0 Å². The van der Waals surface area contributed by atoms with Crippen molar-refractivity contribution in [3.05, 3.63) is 54.1 Å². The second kappa shape index (κ2) is 7.53. The Morgan fingerprint density at radius 2 is 1.50 bits per heavy atom. The minimum absolute atomic E-state index is 0.260. The third-order valence-electron chi connectivity index (χ3n) is 4.54. The number of benzene rings is 2. The van der Waals surface area contributed by atoms with E-state index in [0.717, 1.165) is 6.07 Å². The van der Waals surface area contributed by atoms with E-state index in [9.17, 15) is 22.8 Å². The molecule has 0 bridgehead atoms. The topological polar surface area (TPSA) is 67.4 Å². The fourth-order valence-electron chi connectivity index (χ4n) is 2.86. The minimum atomic E-state index is -4.61. The van der Waals surface area contributed by atoms with E-state index in [1.165, 1.54) is 18.2 Å². The Morgan fingerprint density at radius 3 is 2.07 bits per heavy atom. The maximum absolute atomic E-state index is 13.1. The molecule has 28 heavy (non-hydrogen) atoms. The molecule has 0 atom stereocenters. The Labute approximate surface area is 159 Å². The summed E-state index contributed by atoms with van der Waals surface area (Å²) in [6.07, 6.45) is -4.09. The van der Waals surface area contributed by atoms with Gasteiger partial charge >= 0.3 is 6.18 Å². The second-order valence-corrected chi connectivity index (χ2v) is 6.46. The zero-order valence-corrected chi connectivity index (χ0v) is 15.1. The molecular formula is C20H19F3N2O3. The largest absolute Gasteiger partial charge is 0.492 e. The summed E-state index contributed by atoms with van der Waals surface area (Å²) in [4.78, 5) is 25.4. The maximum atomic E-state index is 13.1. The highest BCUT2D eigenvalue weighted by Gasteiger charge is 2.57. The van der Waals surface area contributed by atoms with E-state index in [0.29, 0.717) is 18.0 Å². The van der Waals surface area contributed by atoms with Gasteiger partial charge in [0.15, 0.2) is 0 Å². The number of amides is 2. The molecular weight excluding hydrogens is 373 g/mol. The molecule has 0 aliphatic heterocycles. The minimum Gasteiger partial charge on any atom is -0.492 e. The monoisotopic (exact) mass is 392 g/mol. The predicted octanol–water partition coefficient (Wildman–Crippen LogP) is 4.46. The summed E-state index contributed by atoms with van der Waals surface area (Å²) in [5, 5.41) is 4.94. The Hall–Kier alpha value is -3.03. The first-order valence-corrected chi connectivity index (χ1v) is 8.79. The van der Waals surface area contributed by atoms with Crippen LogP contribution in [-0.2, 0) is 15.8 Å². The van der Waals surface area contributed by atoms with Crippen molar-refractivity contribution in [2.75, 3.05) is 17.2 Å². The van der Waals surface area contributed by atoms with Gasteiger partial charge in [-0.1, -0.05) is 24.3 Å². The molecule has 0 radical (unpaired) electrons. The lowest BCUT2D eigenvalue weighted by Crippen LogP contribution is -2.36. The first-order valence-electron chi connectivity index (χ1n) is 8.79. The van der Waals surface area contributed by atoms with Gasteiger partial charge in [-0.3, -0.25) is 9.59 Å². The van der Waals surface area contributed by atoms with Crippen molar-refractivity contribution in [2.24, 2.45) is 5.41 Å². The molecule has 3 rings (SSSR count). The Kier molecular flexibility index (Phi) is 5.31. The number of hydrogen-bond donors (Lipinski definition) is 2. The number of nitrogens with one attached hydrogen (secondary N) is 2. The molecule has 2 amide bonds. The Bertz CT molecular complexity index is 892. The first kappa shape index (κ1) is 19.7. The summed E-state index contributed by atoms with van der Waals surface area (Å²) in [6, 6.07) is 11.4. The van der Waals surface area contributed by atoms with Gasteiger partial charge in [-0.15, -0.1) is 0 Å². The molecule has 0 saturated heterocycles. The van der Waals surface area contributed by atoms with Crippen LogP contribution in [0.25, 0.3) is 0 Å². The lowest BCUT2D eigenvalue weighted by molar-refractivity contribution is -0.137. The van der Waals surface area contributed by atoms with Crippen LogP contribution in [0.2, 0.25) is 0 Å². The van der Waals surface area contributed by atoms with Gasteiger partial charge in [0.2, 0.25) is 11.8 Å². The number of carbonyl (C=O) groups is 2. The summed E-state index contributed by atoms with van der Waals surface area (Å²) in [6.45, 7) is 2.19. The predicted molar refractivity (Wildman–Crippen MR) is 98.0 cm³/mol. The highest BCUT2D eigenvalue weighted by atomic mass is 19.4. The van der Waals surface area contributed by atoms with Crippen LogP contribution in [-0.4, -0.2) is 18.4 Å². The van der Waals surface area contributed by atoms with Gasteiger partial charge in [0.05, 0.1) is 23.5 Å². The molecule has 148 valence electrons. The van der Waals surface area contributed by atoms with E-state index in [4.69, 9.17) is 4.74 Å². The third-order valence-corrected chi connectivity index (χ3v) is 4.54. The van der Waals surface area contributed by atoms with E-state index >= 15 is 0 Å². The van der Waals surface area contributed by atoms with Crippen LogP contribution >= 0.6 is 0 Å². The number of hydrogen-bond acceptors (Lipinski definition) is 3. The van der Waals surface area contributed by atoms with Gasteiger partial charge in [-0.2, -0.15) is 13.2 Å². The van der Waals surface area contributed by atoms with Gasteiger partial charge in [0.25, 0.3) is 0 Å². The number of halogens is 3. The van der Waals surface area contributed by atoms with Crippen molar-refractivity contribution < 1.29 is 27.5 Å². The van der Waals surface area contributed by atoms with E-state index in [1.807, 2.05) is 0 Å². The van der Waals surface area contributed by atoms with E-state index in [1.54, 1.807) is 31.2 Å². The smallest absolute Gasteiger partial charge is 0.418 e. The Morgan fingerprint density at radius 1 is 0.964 bits per heavy atom. The highest BCUT2D eigenvalue weighted by molar-refractivity contribution is 6.17. The summed E-state index contributed by atoms with van der Waals surface area (Å²) in [5.74, 6) is -0.866. The maximum Gasteiger partial charge on any atom is 0.418 e. The molecule has 1 fully saturated rings. The molecule has 5 nitrogen and oxygen atoms in total. The summed E-state index contributed by atoms with van der Waals surface area (Å²) < 4.78 is 44.8. The first-order chi connectivity index (χ1) is 13.3. The molecule has 0 heterocycles. The van der Waals surface area contributed by atoms with Crippen LogP contribution in [0.4, 0.5) is 24.5 Å². The number of anilines is 2. The second-order valence-electron chi connectivity index (χ2n) is 6.46. The third kappa shape index (κ3) is 3.95. The molecule has 0 aromatic heterocycles. The molecule has 0 unspecified atom stereocenters. The van der Waals surface area contributed by atoms with Crippen LogP contribution in [0, 0.1) is 5.41 Å². The van der Waals surface area contributed by atoms with Gasteiger partial charge in [0.1, 0.15) is 11.2 Å². The quantitative estimate of drug-likeness (QED) is 0.714. The van der Waals surface area contributed by atoms with Crippen molar-refractivity contribution in [3.8, 4) is 5.75 Å². The van der Waals surface area contributed by atoms with Crippen LogP contribution in [0.5, 0.6) is 5.75 Å². The number of rotatable bonds is 6. The van der Waals surface area contributed by atoms with Gasteiger partial charge in [0, 0.05) is 0 Å². The van der Waals surface area contributed by atoms with Crippen LogP contribution in [0.1, 0.15) is 25.3 Å². The summed E-state index contributed by atoms with van der Waals surface area (Å²) in [5.41, 5.74) is -2.31. The average molecular weight is 392 g/mol. The lowest BCUT2D eigenvalue weighted by atomic mass is 10.0. The van der Waals surface area contributed by atoms with Crippen LogP contribution in [0.3, 0.4) is 0 Å². The molecule has 1 saturated carbocycles. The lowest BCUT2D eigenvalue weighted by Gasteiger charge is -2.19.